The molecule has 1 aromatic carbocycles. The Morgan fingerprint density at radius 2 is 1.95 bits per heavy atom. The van der Waals surface area contributed by atoms with E-state index in [1.165, 1.54) is 26.0 Å². The maximum absolute atomic E-state index is 13.3. The van der Waals surface area contributed by atoms with Gasteiger partial charge >= 0.3 is 16.3 Å². The molecule has 43 heavy (non-hydrogen) atoms. The van der Waals surface area contributed by atoms with Crippen molar-refractivity contribution in [3.63, 3.8) is 0 Å². The topological polar surface area (TPSA) is 273 Å². The molecule has 3 rings (SSSR count). The number of aliphatic carboxylic acids is 1. The number of nitrogens with zero attached hydrogens (tertiary/aromatic N) is 3. The van der Waals surface area contributed by atoms with Crippen LogP contribution in [0.4, 0.5) is 5.13 Å². The third-order valence-corrected chi connectivity index (χ3v) is 8.34. The number of amidine groups is 1. The minimum absolute atomic E-state index is 0.0231. The Morgan fingerprint density at radius 3 is 2.49 bits per heavy atom. The Labute approximate surface area is 250 Å². The third-order valence-electron chi connectivity index (χ3n) is 6.19. The molecule has 0 spiro atoms. The number of amides is 2. The molecule has 17 nitrogen and oxygen atoms in total. The van der Waals surface area contributed by atoms with Crippen LogP contribution in [0.25, 0.3) is 0 Å². The largest absolute Gasteiger partial charge is 0.489 e. The van der Waals surface area contributed by atoms with Crippen LogP contribution < -0.4 is 26.8 Å². The van der Waals surface area contributed by atoms with Crippen molar-refractivity contribution in [2.24, 2.45) is 10.9 Å². The molecule has 2 aromatic rings. The summed E-state index contributed by atoms with van der Waals surface area (Å²) in [6.07, 6.45) is -1.34. The van der Waals surface area contributed by atoms with Crippen LogP contribution in [0, 0.1) is 5.41 Å². The van der Waals surface area contributed by atoms with Gasteiger partial charge in [0.2, 0.25) is 0 Å². The van der Waals surface area contributed by atoms with Gasteiger partial charge in [0.25, 0.3) is 17.9 Å². The molecule has 1 aliphatic heterocycles. The van der Waals surface area contributed by atoms with Crippen molar-refractivity contribution < 1.29 is 42.0 Å². The van der Waals surface area contributed by atoms with Crippen LogP contribution in [0.5, 0.6) is 5.75 Å². The quantitative estimate of drug-likeness (QED) is 0.0444. The van der Waals surface area contributed by atoms with Gasteiger partial charge < -0.3 is 36.8 Å². The second-order valence-corrected chi connectivity index (χ2v) is 12.0. The zero-order valence-electron chi connectivity index (χ0n) is 23.4. The van der Waals surface area contributed by atoms with E-state index in [0.29, 0.717) is 30.0 Å². The summed E-state index contributed by atoms with van der Waals surface area (Å²) in [6.45, 7) is 4.61. The Morgan fingerprint density at radius 1 is 1.30 bits per heavy atom. The molecule has 0 aliphatic carbocycles. The fourth-order valence-corrected chi connectivity index (χ4v) is 5.85. The number of aryl methyl sites for hydroxylation is 1. The van der Waals surface area contributed by atoms with Crippen LogP contribution in [0.15, 0.2) is 29.4 Å². The van der Waals surface area contributed by atoms with Gasteiger partial charge in [0.1, 0.15) is 29.9 Å². The second kappa shape index (κ2) is 13.3. The number of nitrogens with two attached hydrogens (primary N) is 2. The molecular weight excluding hydrogens is 608 g/mol. The Kier molecular flexibility index (Phi) is 10.3. The first-order chi connectivity index (χ1) is 20.1. The SMILES string of the molecule is CCc1sc(N)nc1C(=NOC(COc1ccc(C(=N)NCCN)cc1)C(=O)O)C(=O)NC1C(=O)N(S(=O)(=O)O)C1(C)C. The zero-order valence-corrected chi connectivity index (χ0v) is 25.0. The number of anilines is 1. The van der Waals surface area contributed by atoms with Crippen LogP contribution >= 0.6 is 11.3 Å². The summed E-state index contributed by atoms with van der Waals surface area (Å²) in [4.78, 5) is 47.5. The Bertz CT molecular complexity index is 1520. The van der Waals surface area contributed by atoms with Gasteiger partial charge in [-0.3, -0.25) is 19.6 Å². The highest BCUT2D eigenvalue weighted by molar-refractivity contribution is 7.84. The predicted octanol–water partition coefficient (Wildman–Crippen LogP) is -0.677. The molecular formula is C24H32N8O9S2. The Balaban J connectivity index is 1.81. The molecule has 234 valence electrons. The average Bonchev–Trinajstić information content (AvgIpc) is 3.31. The second-order valence-electron chi connectivity index (χ2n) is 9.62. The summed E-state index contributed by atoms with van der Waals surface area (Å²) in [5, 5.41) is 26.7. The molecule has 1 fully saturated rings. The van der Waals surface area contributed by atoms with Gasteiger partial charge in [-0.1, -0.05) is 12.1 Å². The van der Waals surface area contributed by atoms with E-state index < -0.39 is 58.1 Å². The molecule has 1 saturated heterocycles. The van der Waals surface area contributed by atoms with Crippen molar-refractivity contribution in [2.45, 2.75) is 44.9 Å². The highest BCUT2D eigenvalue weighted by Crippen LogP contribution is 2.34. The van der Waals surface area contributed by atoms with Gasteiger partial charge in [-0.15, -0.1) is 11.3 Å². The lowest BCUT2D eigenvalue weighted by Crippen LogP contribution is -2.77. The number of β-lactam (4-membered cyclic amide) rings is 1. The van der Waals surface area contributed by atoms with Crippen molar-refractivity contribution in [1.29, 1.82) is 5.41 Å². The summed E-state index contributed by atoms with van der Waals surface area (Å²) in [5.74, 6) is -3.19. The fourth-order valence-electron chi connectivity index (χ4n) is 4.04. The maximum atomic E-state index is 13.3. The van der Waals surface area contributed by atoms with E-state index >= 15 is 0 Å². The van der Waals surface area contributed by atoms with Crippen molar-refractivity contribution in [3.8, 4) is 5.75 Å². The molecule has 9 N–H and O–H groups in total. The van der Waals surface area contributed by atoms with Gasteiger partial charge in [0, 0.05) is 23.5 Å². The fraction of sp³-hybridized carbons (Fsp3) is 0.417. The molecule has 1 aromatic heterocycles. The molecule has 0 bridgehead atoms. The summed E-state index contributed by atoms with van der Waals surface area (Å²) < 4.78 is 38.3. The molecule has 0 radical (unpaired) electrons. The molecule has 2 heterocycles. The minimum atomic E-state index is -4.89. The van der Waals surface area contributed by atoms with Crippen molar-refractivity contribution in [1.82, 2.24) is 19.9 Å². The monoisotopic (exact) mass is 640 g/mol. The Hall–Kier alpha value is -4.33. The van der Waals surface area contributed by atoms with Crippen molar-refractivity contribution in [3.05, 3.63) is 40.4 Å². The van der Waals surface area contributed by atoms with E-state index in [1.807, 2.05) is 0 Å². The van der Waals surface area contributed by atoms with Crippen LogP contribution in [-0.2, 0) is 35.9 Å². The highest BCUT2D eigenvalue weighted by Gasteiger charge is 2.60. The van der Waals surface area contributed by atoms with E-state index in [4.69, 9.17) is 26.5 Å². The first kappa shape index (κ1) is 33.2. The van der Waals surface area contributed by atoms with Crippen molar-refractivity contribution >= 4 is 56.1 Å². The number of nitrogen functional groups attached to an aromatic ring is 1. The smallest absolute Gasteiger partial charge is 0.362 e. The molecule has 0 saturated carbocycles. The number of hydrogen-bond donors (Lipinski definition) is 7. The molecule has 2 unspecified atom stereocenters. The summed E-state index contributed by atoms with van der Waals surface area (Å²) >= 11 is 1.05. The number of ether oxygens (including phenoxy) is 1. The summed E-state index contributed by atoms with van der Waals surface area (Å²) in [6, 6.07) is 4.83. The lowest BCUT2D eigenvalue weighted by molar-refractivity contribution is -0.152. The van der Waals surface area contributed by atoms with Crippen LogP contribution in [0.2, 0.25) is 0 Å². The zero-order chi connectivity index (χ0) is 32.1. The number of rotatable bonds is 14. The van der Waals surface area contributed by atoms with Gasteiger partial charge in [-0.05, 0) is 44.5 Å². The molecule has 2 atom stereocenters. The lowest BCUT2D eigenvalue weighted by Gasteiger charge is -2.50. The summed E-state index contributed by atoms with van der Waals surface area (Å²) in [5.41, 5.74) is 9.72. The van der Waals surface area contributed by atoms with Crippen LogP contribution in [0.3, 0.4) is 0 Å². The van der Waals surface area contributed by atoms with Gasteiger partial charge in [-0.25, -0.2) is 14.1 Å². The number of aromatic nitrogens is 1. The van der Waals surface area contributed by atoms with E-state index in [1.54, 1.807) is 19.1 Å². The van der Waals surface area contributed by atoms with Crippen molar-refractivity contribution in [2.75, 3.05) is 25.4 Å². The van der Waals surface area contributed by atoms with E-state index in [-0.39, 0.29) is 26.7 Å². The minimum Gasteiger partial charge on any atom is -0.489 e. The van der Waals surface area contributed by atoms with E-state index in [9.17, 15) is 32.5 Å². The number of benzene rings is 1. The first-order valence-corrected chi connectivity index (χ1v) is 14.9. The number of nitrogens with one attached hydrogen (secondary N) is 3. The molecule has 1 aliphatic rings. The van der Waals surface area contributed by atoms with Gasteiger partial charge in [-0.2, -0.15) is 8.42 Å². The third kappa shape index (κ3) is 7.55. The van der Waals surface area contributed by atoms with E-state index in [2.05, 4.69) is 20.8 Å². The van der Waals surface area contributed by atoms with Crippen LogP contribution in [-0.4, -0.2) is 94.1 Å². The first-order valence-electron chi connectivity index (χ1n) is 12.7. The maximum Gasteiger partial charge on any atom is 0.362 e. The number of carboxylic acid groups (broad SMARTS) is 1. The predicted molar refractivity (Wildman–Crippen MR) is 155 cm³/mol. The number of carbonyl (C=O) groups is 3. The van der Waals surface area contributed by atoms with E-state index in [0.717, 1.165) is 11.3 Å². The standard InChI is InChI=1S/C24H32N8O9S2/c1-4-15-16(29-23(27)42-15)17(20(33)30-18-21(34)32(24(18,2)3)43(37,38)39)31-41-14(22(35)36)11-40-13-7-5-12(6-8-13)19(26)28-10-9-25/h5-8,14,18H,4,9-11,25H2,1-3H3,(H2,26,28)(H2,27,29)(H,30,33)(H,35,36)(H,37,38,39). The normalized spacial score (nSPS) is 17.0. The molecule has 19 heteroatoms. The number of carbonyl (C=O) groups excluding carboxylic acids is 2. The van der Waals surface area contributed by atoms with Gasteiger partial charge in [0.15, 0.2) is 10.8 Å². The number of carboxylic acids is 1. The summed E-state index contributed by atoms with van der Waals surface area (Å²) in [7, 11) is -4.89. The lowest BCUT2D eigenvalue weighted by atomic mass is 9.85. The van der Waals surface area contributed by atoms with Crippen LogP contribution in [0.1, 0.15) is 36.9 Å². The highest BCUT2D eigenvalue weighted by atomic mass is 32.2. The number of oxime groups is 1. The average molecular weight is 641 g/mol. The van der Waals surface area contributed by atoms with Gasteiger partial charge in [0.05, 0.1) is 5.54 Å². The number of hydrogen-bond acceptors (Lipinski definition) is 13. The number of thiazole rings is 1. The molecule has 2 amide bonds.